The van der Waals surface area contributed by atoms with Gasteiger partial charge in [0.2, 0.25) is 5.95 Å². The number of nitrogens with zero attached hydrogens (tertiary/aromatic N) is 3. The van der Waals surface area contributed by atoms with Gasteiger partial charge in [-0.1, -0.05) is 53.6 Å². The number of hydrogen-bond donors (Lipinski definition) is 2. The fraction of sp³-hybridized carbons (Fsp3) is 0.0800. The fourth-order valence-electron chi connectivity index (χ4n) is 3.62. The van der Waals surface area contributed by atoms with Gasteiger partial charge in [0.15, 0.2) is 0 Å². The second-order valence-corrected chi connectivity index (χ2v) is 8.17. The lowest BCUT2D eigenvalue weighted by Gasteiger charge is -2.24. The second-order valence-electron chi connectivity index (χ2n) is 7.73. The van der Waals surface area contributed by atoms with E-state index in [2.05, 4.69) is 20.7 Å². The molecule has 8 heteroatoms. The maximum atomic E-state index is 13.5. The molecule has 0 saturated heterocycles. The Morgan fingerprint density at radius 2 is 1.73 bits per heavy atom. The first-order valence-electron chi connectivity index (χ1n) is 10.3. The molecule has 0 saturated carbocycles. The molecule has 1 aliphatic heterocycles. The minimum atomic E-state index is -0.356. The van der Waals surface area contributed by atoms with Gasteiger partial charge in [0.25, 0.3) is 11.9 Å². The number of nitrogens with one attached hydrogen (secondary N) is 2. The zero-order chi connectivity index (χ0) is 22.9. The lowest BCUT2D eigenvalue weighted by molar-refractivity contribution is 0.102. The Labute approximate surface area is 194 Å². The summed E-state index contributed by atoms with van der Waals surface area (Å²) in [4.78, 5) is 17.1. The first kappa shape index (κ1) is 20.9. The molecule has 4 aromatic rings. The molecule has 0 spiro atoms. The summed E-state index contributed by atoms with van der Waals surface area (Å²) in [5, 5.41) is 11.2. The first-order chi connectivity index (χ1) is 16.0. The van der Waals surface area contributed by atoms with Crippen LogP contribution in [-0.2, 0) is 0 Å². The van der Waals surface area contributed by atoms with Gasteiger partial charge in [-0.05, 0) is 60.5 Å². The third-order valence-corrected chi connectivity index (χ3v) is 5.62. The van der Waals surface area contributed by atoms with E-state index in [0.29, 0.717) is 16.5 Å². The van der Waals surface area contributed by atoms with Gasteiger partial charge in [-0.2, -0.15) is 4.98 Å². The fourth-order valence-corrected chi connectivity index (χ4v) is 3.75. The largest absolute Gasteiger partial charge is 0.324 e. The predicted octanol–water partition coefficient (Wildman–Crippen LogP) is 5.69. The maximum absolute atomic E-state index is 13.5. The van der Waals surface area contributed by atoms with E-state index in [-0.39, 0.29) is 23.7 Å². The van der Waals surface area contributed by atoms with Crippen LogP contribution in [0.3, 0.4) is 0 Å². The average molecular weight is 460 g/mol. The third-order valence-electron chi connectivity index (χ3n) is 5.37. The minimum absolute atomic E-state index is 0.168. The third kappa shape index (κ3) is 4.36. The number of hydrogen-bond acceptors (Lipinski definition) is 4. The van der Waals surface area contributed by atoms with Crippen molar-refractivity contribution in [3.63, 3.8) is 0 Å². The molecule has 2 heterocycles. The highest BCUT2D eigenvalue weighted by Gasteiger charge is 2.26. The van der Waals surface area contributed by atoms with Gasteiger partial charge in [0, 0.05) is 16.3 Å². The van der Waals surface area contributed by atoms with Gasteiger partial charge in [0.1, 0.15) is 11.9 Å². The van der Waals surface area contributed by atoms with Gasteiger partial charge < -0.3 is 5.32 Å². The monoisotopic (exact) mass is 459 g/mol. The molecule has 0 fully saturated rings. The predicted molar refractivity (Wildman–Crippen MR) is 127 cm³/mol. The smallest absolute Gasteiger partial charge is 0.258 e. The molecule has 1 aliphatic rings. The molecule has 1 aromatic heterocycles. The normalized spacial score (nSPS) is 14.8. The molecule has 33 heavy (non-hydrogen) atoms. The van der Waals surface area contributed by atoms with Crippen molar-refractivity contribution in [1.82, 2.24) is 14.8 Å². The Balaban J connectivity index is 1.50. The number of halogens is 2. The Morgan fingerprint density at radius 3 is 2.42 bits per heavy atom. The summed E-state index contributed by atoms with van der Waals surface area (Å²) in [6, 6.07) is 20.5. The average Bonchev–Trinajstić information content (AvgIpc) is 3.22. The van der Waals surface area contributed by atoms with Gasteiger partial charge in [-0.25, -0.2) is 9.07 Å². The van der Waals surface area contributed by atoms with Gasteiger partial charge >= 0.3 is 0 Å². The van der Waals surface area contributed by atoms with E-state index in [1.54, 1.807) is 41.1 Å². The molecular formula is C25H19ClFN5O. The summed E-state index contributed by atoms with van der Waals surface area (Å²) in [5.74, 6) is -0.00135. The van der Waals surface area contributed by atoms with E-state index in [9.17, 15) is 9.18 Å². The lowest BCUT2D eigenvalue weighted by atomic mass is 10.0. The Kier molecular flexibility index (Phi) is 5.40. The summed E-state index contributed by atoms with van der Waals surface area (Å²) in [6.07, 6.45) is 1.98. The number of benzene rings is 3. The first-order valence-corrected chi connectivity index (χ1v) is 10.7. The standard InChI is InChI=1S/C25H19ClFN5O/c1-15-2-4-18(5-3-15)23(33)29-24-30-25-28-21(16-6-10-19(26)11-7-16)14-22(32(25)31-24)17-8-12-20(27)13-9-17/h2-14,22H,1H3,(H2,28,29,30,31,33)/t22-/m1/s1. The molecular weight excluding hydrogens is 441 g/mol. The van der Waals surface area contributed by atoms with Crippen LogP contribution in [0, 0.1) is 12.7 Å². The van der Waals surface area contributed by atoms with Crippen molar-refractivity contribution in [3.05, 3.63) is 112 Å². The number of amides is 1. The minimum Gasteiger partial charge on any atom is -0.324 e. The van der Waals surface area contributed by atoms with Gasteiger partial charge in [-0.3, -0.25) is 10.1 Å². The van der Waals surface area contributed by atoms with Crippen LogP contribution in [0.2, 0.25) is 5.02 Å². The number of fused-ring (bicyclic) bond motifs is 1. The van der Waals surface area contributed by atoms with Crippen LogP contribution in [0.4, 0.5) is 16.3 Å². The molecule has 6 nitrogen and oxygen atoms in total. The number of anilines is 2. The molecule has 1 atom stereocenters. The zero-order valence-electron chi connectivity index (χ0n) is 17.6. The molecule has 0 aliphatic carbocycles. The number of allylic oxidation sites excluding steroid dienone is 1. The number of rotatable bonds is 4. The molecule has 1 amide bonds. The van der Waals surface area contributed by atoms with Crippen LogP contribution < -0.4 is 10.6 Å². The molecule has 0 unspecified atom stereocenters. The van der Waals surface area contributed by atoms with E-state index in [4.69, 9.17) is 11.6 Å². The molecule has 3 aromatic carbocycles. The van der Waals surface area contributed by atoms with Crippen LogP contribution in [0.1, 0.15) is 33.1 Å². The van der Waals surface area contributed by atoms with Gasteiger partial charge in [-0.15, -0.1) is 5.10 Å². The SMILES string of the molecule is Cc1ccc(C(=O)Nc2nc3n(n2)[C@@H](c2ccc(F)cc2)C=C(c2ccc(Cl)cc2)N3)cc1. The Morgan fingerprint density at radius 1 is 1.03 bits per heavy atom. The molecule has 2 N–H and O–H groups in total. The number of carbonyl (C=O) groups is 1. The van der Waals surface area contributed by atoms with E-state index in [1.165, 1.54) is 12.1 Å². The zero-order valence-corrected chi connectivity index (χ0v) is 18.3. The second kappa shape index (κ2) is 8.52. The number of carbonyl (C=O) groups excluding carboxylic acids is 1. The van der Waals surface area contributed by atoms with Crippen molar-refractivity contribution in [2.75, 3.05) is 10.6 Å². The number of aryl methyl sites for hydroxylation is 1. The summed E-state index contributed by atoms with van der Waals surface area (Å²) in [6.45, 7) is 1.96. The highest BCUT2D eigenvalue weighted by Crippen LogP contribution is 2.33. The highest BCUT2D eigenvalue weighted by atomic mass is 35.5. The van der Waals surface area contributed by atoms with E-state index in [0.717, 1.165) is 22.4 Å². The van der Waals surface area contributed by atoms with Crippen molar-refractivity contribution < 1.29 is 9.18 Å². The van der Waals surface area contributed by atoms with Crippen molar-refractivity contribution in [1.29, 1.82) is 0 Å². The van der Waals surface area contributed by atoms with Crippen LogP contribution in [-0.4, -0.2) is 20.7 Å². The quantitative estimate of drug-likeness (QED) is 0.411. The van der Waals surface area contributed by atoms with Crippen molar-refractivity contribution >= 4 is 35.1 Å². The lowest BCUT2D eigenvalue weighted by Crippen LogP contribution is -2.20. The topological polar surface area (TPSA) is 71.8 Å². The summed E-state index contributed by atoms with van der Waals surface area (Å²) in [5.41, 5.74) is 4.11. The number of aromatic nitrogens is 3. The van der Waals surface area contributed by atoms with Crippen LogP contribution in [0.5, 0.6) is 0 Å². The van der Waals surface area contributed by atoms with Crippen molar-refractivity contribution in [2.45, 2.75) is 13.0 Å². The van der Waals surface area contributed by atoms with Crippen molar-refractivity contribution in [3.8, 4) is 0 Å². The molecule has 0 radical (unpaired) electrons. The Hall–Kier alpha value is -3.97. The summed E-state index contributed by atoms with van der Waals surface area (Å²) in [7, 11) is 0. The summed E-state index contributed by atoms with van der Waals surface area (Å²) >= 11 is 6.04. The molecule has 5 rings (SSSR count). The van der Waals surface area contributed by atoms with Crippen LogP contribution >= 0.6 is 11.6 Å². The summed E-state index contributed by atoms with van der Waals surface area (Å²) < 4.78 is 15.2. The van der Waals surface area contributed by atoms with E-state index >= 15 is 0 Å². The molecule has 0 bridgehead atoms. The van der Waals surface area contributed by atoms with E-state index in [1.807, 2.05) is 37.3 Å². The van der Waals surface area contributed by atoms with E-state index < -0.39 is 0 Å². The Bertz CT molecular complexity index is 1350. The highest BCUT2D eigenvalue weighted by molar-refractivity contribution is 6.30. The maximum Gasteiger partial charge on any atom is 0.258 e. The molecule has 164 valence electrons. The van der Waals surface area contributed by atoms with Crippen LogP contribution in [0.15, 0.2) is 78.9 Å². The van der Waals surface area contributed by atoms with Crippen molar-refractivity contribution in [2.24, 2.45) is 0 Å². The van der Waals surface area contributed by atoms with Crippen LogP contribution in [0.25, 0.3) is 5.70 Å². The van der Waals surface area contributed by atoms with Gasteiger partial charge in [0.05, 0.1) is 0 Å².